The standard InChI is InChI=1S/C12H17NO2/c1-3-12(2,9-14)11(15)13-10-7-5-4-6-8-10/h4-8,14H,3,9H2,1-2H3,(H,13,15). The summed E-state index contributed by atoms with van der Waals surface area (Å²) >= 11 is 0. The highest BCUT2D eigenvalue weighted by Gasteiger charge is 2.30. The summed E-state index contributed by atoms with van der Waals surface area (Å²) in [4.78, 5) is 11.8. The minimum atomic E-state index is -0.699. The van der Waals surface area contributed by atoms with Crippen LogP contribution in [0.3, 0.4) is 0 Å². The fourth-order valence-electron chi connectivity index (χ4n) is 1.15. The van der Waals surface area contributed by atoms with Crippen LogP contribution in [0.1, 0.15) is 20.3 Å². The molecule has 1 unspecified atom stereocenters. The maximum absolute atomic E-state index is 11.8. The number of amides is 1. The molecule has 3 heteroatoms. The lowest BCUT2D eigenvalue weighted by Crippen LogP contribution is -2.36. The minimum absolute atomic E-state index is 0.137. The van der Waals surface area contributed by atoms with E-state index in [4.69, 9.17) is 0 Å². The van der Waals surface area contributed by atoms with E-state index in [1.165, 1.54) is 0 Å². The smallest absolute Gasteiger partial charge is 0.232 e. The van der Waals surface area contributed by atoms with Crippen LogP contribution in [0.5, 0.6) is 0 Å². The summed E-state index contributed by atoms with van der Waals surface area (Å²) < 4.78 is 0. The molecule has 0 aliphatic heterocycles. The molecule has 82 valence electrons. The predicted octanol–water partition coefficient (Wildman–Crippen LogP) is 2.03. The van der Waals surface area contributed by atoms with Crippen LogP contribution >= 0.6 is 0 Å². The second-order valence-electron chi connectivity index (χ2n) is 3.89. The number of nitrogens with one attached hydrogen (secondary N) is 1. The van der Waals surface area contributed by atoms with Gasteiger partial charge in [0.25, 0.3) is 0 Å². The van der Waals surface area contributed by atoms with Gasteiger partial charge >= 0.3 is 0 Å². The Morgan fingerprint density at radius 1 is 1.40 bits per heavy atom. The van der Waals surface area contributed by atoms with Gasteiger partial charge in [-0.25, -0.2) is 0 Å². The van der Waals surface area contributed by atoms with E-state index in [2.05, 4.69) is 5.32 Å². The van der Waals surface area contributed by atoms with Crippen LogP contribution in [0.25, 0.3) is 0 Å². The molecule has 1 aromatic carbocycles. The van der Waals surface area contributed by atoms with Crippen LogP contribution in [0.15, 0.2) is 30.3 Å². The molecule has 0 aliphatic carbocycles. The molecule has 0 aromatic heterocycles. The third-order valence-electron chi connectivity index (χ3n) is 2.71. The van der Waals surface area contributed by atoms with Crippen molar-refractivity contribution >= 4 is 11.6 Å². The van der Waals surface area contributed by atoms with Gasteiger partial charge in [0.2, 0.25) is 5.91 Å². The molecule has 1 amide bonds. The van der Waals surface area contributed by atoms with Gasteiger partial charge in [-0.15, -0.1) is 0 Å². The monoisotopic (exact) mass is 207 g/mol. The fraction of sp³-hybridized carbons (Fsp3) is 0.417. The van der Waals surface area contributed by atoms with Crippen molar-refractivity contribution in [1.29, 1.82) is 0 Å². The van der Waals surface area contributed by atoms with Gasteiger partial charge < -0.3 is 10.4 Å². The quantitative estimate of drug-likeness (QED) is 0.793. The number of rotatable bonds is 4. The highest BCUT2D eigenvalue weighted by molar-refractivity contribution is 5.95. The summed E-state index contributed by atoms with van der Waals surface area (Å²) in [5, 5.41) is 12.0. The first-order valence-electron chi connectivity index (χ1n) is 5.10. The van der Waals surface area contributed by atoms with Crippen molar-refractivity contribution in [3.05, 3.63) is 30.3 Å². The van der Waals surface area contributed by atoms with Crippen molar-refractivity contribution < 1.29 is 9.90 Å². The van der Waals surface area contributed by atoms with Crippen LogP contribution in [-0.4, -0.2) is 17.6 Å². The number of aliphatic hydroxyl groups excluding tert-OH is 1. The Kier molecular flexibility index (Phi) is 3.86. The molecule has 0 saturated heterocycles. The summed E-state index contributed by atoms with van der Waals surface area (Å²) in [5.41, 5.74) is 0.0613. The van der Waals surface area contributed by atoms with Gasteiger partial charge in [0.05, 0.1) is 12.0 Å². The Morgan fingerprint density at radius 3 is 2.47 bits per heavy atom. The first-order valence-corrected chi connectivity index (χ1v) is 5.10. The lowest BCUT2D eigenvalue weighted by molar-refractivity contribution is -0.127. The molecule has 0 aliphatic rings. The van der Waals surface area contributed by atoms with Crippen molar-refractivity contribution in [3.8, 4) is 0 Å². The molecule has 1 rings (SSSR count). The predicted molar refractivity (Wildman–Crippen MR) is 60.6 cm³/mol. The minimum Gasteiger partial charge on any atom is -0.395 e. The van der Waals surface area contributed by atoms with Gasteiger partial charge in [-0.05, 0) is 25.5 Å². The van der Waals surface area contributed by atoms with Crippen LogP contribution in [0.2, 0.25) is 0 Å². The van der Waals surface area contributed by atoms with Crippen molar-refractivity contribution in [2.24, 2.45) is 5.41 Å². The molecule has 0 radical (unpaired) electrons. The van der Waals surface area contributed by atoms with E-state index in [0.717, 1.165) is 5.69 Å². The third-order valence-corrected chi connectivity index (χ3v) is 2.71. The van der Waals surface area contributed by atoms with Gasteiger partial charge in [0, 0.05) is 5.69 Å². The Hall–Kier alpha value is -1.35. The van der Waals surface area contributed by atoms with E-state index in [1.807, 2.05) is 37.3 Å². The van der Waals surface area contributed by atoms with Gasteiger partial charge in [-0.1, -0.05) is 25.1 Å². The van der Waals surface area contributed by atoms with E-state index in [0.29, 0.717) is 6.42 Å². The Balaban J connectivity index is 2.71. The Bertz CT molecular complexity index is 318. The van der Waals surface area contributed by atoms with Crippen molar-refractivity contribution in [1.82, 2.24) is 0 Å². The summed E-state index contributed by atoms with van der Waals surface area (Å²) in [6.07, 6.45) is 0.613. The number of hydrogen-bond donors (Lipinski definition) is 2. The molecule has 0 spiro atoms. The second-order valence-corrected chi connectivity index (χ2v) is 3.89. The molecule has 0 saturated carbocycles. The third kappa shape index (κ3) is 2.80. The SMILES string of the molecule is CCC(C)(CO)C(=O)Nc1ccccc1. The zero-order valence-corrected chi connectivity index (χ0v) is 9.16. The van der Waals surface area contributed by atoms with Gasteiger partial charge in [0.1, 0.15) is 0 Å². The largest absolute Gasteiger partial charge is 0.395 e. The van der Waals surface area contributed by atoms with Crippen LogP contribution in [0, 0.1) is 5.41 Å². The van der Waals surface area contributed by atoms with Crippen LogP contribution in [-0.2, 0) is 4.79 Å². The molecule has 0 bridgehead atoms. The van der Waals surface area contributed by atoms with Gasteiger partial charge in [-0.3, -0.25) is 4.79 Å². The number of carbonyl (C=O) groups excluding carboxylic acids is 1. The summed E-state index contributed by atoms with van der Waals surface area (Å²) in [5.74, 6) is -0.140. The highest BCUT2D eigenvalue weighted by atomic mass is 16.3. The summed E-state index contributed by atoms with van der Waals surface area (Å²) in [6.45, 7) is 3.51. The van der Waals surface area contributed by atoms with Crippen molar-refractivity contribution in [2.75, 3.05) is 11.9 Å². The normalized spacial score (nSPS) is 14.3. The average molecular weight is 207 g/mol. The van der Waals surface area contributed by atoms with Gasteiger partial charge in [0.15, 0.2) is 0 Å². The number of aliphatic hydroxyl groups is 1. The van der Waals surface area contributed by atoms with Crippen LogP contribution < -0.4 is 5.32 Å². The second kappa shape index (κ2) is 4.94. The zero-order valence-electron chi connectivity index (χ0n) is 9.16. The molecule has 0 fully saturated rings. The fourth-order valence-corrected chi connectivity index (χ4v) is 1.15. The van der Waals surface area contributed by atoms with E-state index in [1.54, 1.807) is 6.92 Å². The molecule has 15 heavy (non-hydrogen) atoms. The average Bonchev–Trinajstić information content (AvgIpc) is 2.29. The van der Waals surface area contributed by atoms with E-state index in [-0.39, 0.29) is 12.5 Å². The number of para-hydroxylation sites is 1. The van der Waals surface area contributed by atoms with E-state index in [9.17, 15) is 9.90 Å². The van der Waals surface area contributed by atoms with Crippen molar-refractivity contribution in [3.63, 3.8) is 0 Å². The lowest BCUT2D eigenvalue weighted by atomic mass is 9.87. The molecule has 1 aromatic rings. The van der Waals surface area contributed by atoms with Gasteiger partial charge in [-0.2, -0.15) is 0 Å². The summed E-state index contributed by atoms with van der Waals surface area (Å²) in [6, 6.07) is 9.26. The Morgan fingerprint density at radius 2 is 2.00 bits per heavy atom. The molecule has 2 N–H and O–H groups in total. The maximum atomic E-state index is 11.8. The highest BCUT2D eigenvalue weighted by Crippen LogP contribution is 2.22. The number of benzene rings is 1. The molecular formula is C12H17NO2. The van der Waals surface area contributed by atoms with E-state index >= 15 is 0 Å². The molecule has 0 heterocycles. The summed E-state index contributed by atoms with van der Waals surface area (Å²) in [7, 11) is 0. The molecular weight excluding hydrogens is 190 g/mol. The number of anilines is 1. The first kappa shape index (κ1) is 11.7. The van der Waals surface area contributed by atoms with Crippen molar-refractivity contribution in [2.45, 2.75) is 20.3 Å². The molecule has 3 nitrogen and oxygen atoms in total. The number of carbonyl (C=O) groups is 1. The van der Waals surface area contributed by atoms with E-state index < -0.39 is 5.41 Å². The topological polar surface area (TPSA) is 49.3 Å². The molecule has 1 atom stereocenters. The number of hydrogen-bond acceptors (Lipinski definition) is 2. The zero-order chi connectivity index (χ0) is 11.3. The maximum Gasteiger partial charge on any atom is 0.232 e. The lowest BCUT2D eigenvalue weighted by Gasteiger charge is -2.24. The Labute approximate surface area is 90.1 Å². The van der Waals surface area contributed by atoms with Crippen LogP contribution in [0.4, 0.5) is 5.69 Å². The first-order chi connectivity index (χ1) is 7.12.